The Kier molecular flexibility index (Phi) is 13.5. The number of fused-ring (bicyclic) bond motifs is 1. The number of ether oxygens (including phenoxy) is 3. The average Bonchev–Trinajstić information content (AvgIpc) is 3.53. The first-order valence-corrected chi connectivity index (χ1v) is 19.9. The van der Waals surface area contributed by atoms with Gasteiger partial charge >= 0.3 is 12.1 Å². The van der Waals surface area contributed by atoms with Crippen LogP contribution in [0, 0.1) is 28.6 Å². The van der Waals surface area contributed by atoms with E-state index in [4.69, 9.17) is 25.2 Å². The zero-order valence-electron chi connectivity index (χ0n) is 31.8. The van der Waals surface area contributed by atoms with Gasteiger partial charge in [-0.3, -0.25) is 9.59 Å². The zero-order valence-corrected chi connectivity index (χ0v) is 32.6. The number of hydrogen-bond acceptors (Lipinski definition) is 11. The molecule has 304 valence electrons. The van der Waals surface area contributed by atoms with E-state index in [1.165, 1.54) is 42.4 Å². The number of anilines is 2. The summed E-state index contributed by atoms with van der Waals surface area (Å²) in [4.78, 5) is 39.4. The van der Waals surface area contributed by atoms with E-state index >= 15 is 0 Å². The van der Waals surface area contributed by atoms with E-state index in [0.717, 1.165) is 69.5 Å². The summed E-state index contributed by atoms with van der Waals surface area (Å²) in [5.41, 5.74) is 7.01. The summed E-state index contributed by atoms with van der Waals surface area (Å²) >= 11 is 1.24. The van der Waals surface area contributed by atoms with Crippen LogP contribution in [0.1, 0.15) is 72.2 Å². The highest BCUT2D eigenvalue weighted by Gasteiger charge is 2.42. The number of amides is 2. The molecule has 16 heteroatoms. The number of methoxy groups -OCH3 is 1. The number of alkyl halides is 3. The Hall–Kier alpha value is -5.03. The van der Waals surface area contributed by atoms with Gasteiger partial charge in [-0.05, 0) is 93.3 Å². The highest BCUT2D eigenvalue weighted by Crippen LogP contribution is 2.42. The molecule has 2 amide bonds. The van der Waals surface area contributed by atoms with Crippen molar-refractivity contribution in [2.75, 3.05) is 57.2 Å². The Balaban J connectivity index is 1.13. The number of hydrogen-bond donors (Lipinski definition) is 4. The van der Waals surface area contributed by atoms with Gasteiger partial charge in [-0.2, -0.15) is 18.4 Å². The van der Waals surface area contributed by atoms with E-state index in [1.54, 1.807) is 12.1 Å². The third-order valence-corrected chi connectivity index (χ3v) is 12.2. The van der Waals surface area contributed by atoms with Crippen molar-refractivity contribution in [1.82, 2.24) is 10.2 Å². The number of rotatable bonds is 14. The number of nitriles is 1. The monoisotopic (exact) mass is 808 g/mol. The van der Waals surface area contributed by atoms with E-state index in [0.29, 0.717) is 27.4 Å². The number of carbonyl (C=O) groups excluding carboxylic acids is 3. The summed E-state index contributed by atoms with van der Waals surface area (Å²) in [6.07, 6.45) is 0.754. The first-order valence-electron chi connectivity index (χ1n) is 19.1. The topological polar surface area (TPSA) is 168 Å². The number of esters is 1. The number of nitrogens with two attached hydrogens (primary N) is 1. The average molecular weight is 809 g/mol. The van der Waals surface area contributed by atoms with E-state index in [1.807, 2.05) is 12.1 Å². The van der Waals surface area contributed by atoms with E-state index in [2.05, 4.69) is 32.7 Å². The predicted molar refractivity (Wildman–Crippen MR) is 210 cm³/mol. The van der Waals surface area contributed by atoms with Gasteiger partial charge in [0, 0.05) is 29.5 Å². The van der Waals surface area contributed by atoms with Crippen LogP contribution in [-0.4, -0.2) is 93.6 Å². The minimum Gasteiger partial charge on any atom is -0.477 e. The van der Waals surface area contributed by atoms with Gasteiger partial charge in [0.1, 0.15) is 17.9 Å². The standard InChI is InChI=1S/C41H47F3N6O6S/c1-54-39(53)33(13-14-36(46)51)49-38(52)26-7-12-31(34(22-26)56-21-17-45)47-18-3-6-35-30(23-41(42,43)44)29-4-2-5-32(37(29)57-35)48-27-8-10-28(11-9-27)50-19-15-40(16-20-50)24-55-25-40/h2,4-5,7,12,22,27-28,33,47-48H,8-11,13-16,18-21,23-25H2,1H3,(H2,46,51)(H,49,52). The van der Waals surface area contributed by atoms with Crippen LogP contribution >= 0.6 is 11.3 Å². The smallest absolute Gasteiger partial charge is 0.393 e. The molecule has 1 spiro atoms. The summed E-state index contributed by atoms with van der Waals surface area (Å²) in [5.74, 6) is 3.97. The van der Waals surface area contributed by atoms with Gasteiger partial charge < -0.3 is 40.8 Å². The lowest BCUT2D eigenvalue weighted by molar-refractivity contribution is -0.143. The summed E-state index contributed by atoms with van der Waals surface area (Å²) in [6.45, 7) is 3.68. The molecule has 1 unspecified atom stereocenters. The van der Waals surface area contributed by atoms with Crippen molar-refractivity contribution in [1.29, 1.82) is 5.26 Å². The van der Waals surface area contributed by atoms with Crippen molar-refractivity contribution in [2.45, 2.75) is 82.1 Å². The van der Waals surface area contributed by atoms with Gasteiger partial charge in [0.2, 0.25) is 5.91 Å². The maximum Gasteiger partial charge on any atom is 0.393 e. The molecule has 12 nitrogen and oxygen atoms in total. The molecule has 5 N–H and O–H groups in total. The zero-order chi connectivity index (χ0) is 40.6. The molecular formula is C41H47F3N6O6S. The van der Waals surface area contributed by atoms with Crippen LogP contribution in [0.5, 0.6) is 5.75 Å². The first kappa shape index (κ1) is 41.6. The molecule has 3 aliphatic rings. The first-order chi connectivity index (χ1) is 27.4. The highest BCUT2D eigenvalue weighted by molar-refractivity contribution is 7.20. The minimum absolute atomic E-state index is 0.00577. The van der Waals surface area contributed by atoms with E-state index in [9.17, 15) is 27.6 Å². The summed E-state index contributed by atoms with van der Waals surface area (Å²) in [7, 11) is 1.15. The minimum atomic E-state index is -4.44. The van der Waals surface area contributed by atoms with E-state index < -0.39 is 36.4 Å². The molecule has 1 atom stereocenters. The predicted octanol–water partition coefficient (Wildman–Crippen LogP) is 5.74. The second-order valence-electron chi connectivity index (χ2n) is 14.9. The van der Waals surface area contributed by atoms with E-state index in [-0.39, 0.29) is 48.9 Å². The molecule has 3 aromatic rings. The van der Waals surface area contributed by atoms with Gasteiger partial charge in [0.25, 0.3) is 5.91 Å². The molecule has 2 aromatic carbocycles. The van der Waals surface area contributed by atoms with Gasteiger partial charge in [0.05, 0.1) is 54.2 Å². The lowest BCUT2D eigenvalue weighted by Gasteiger charge is -2.49. The Morgan fingerprint density at radius 1 is 1.11 bits per heavy atom. The number of halogens is 3. The molecule has 1 aliphatic carbocycles. The number of nitrogens with one attached hydrogen (secondary N) is 3. The SMILES string of the molecule is COC(=O)C(CCC(N)=O)NC(=O)c1ccc(NCC#Cc2sc3c(NC4CCC(N5CCC6(CC5)COC6)CC4)cccc3c2CC(F)(F)F)c(OCC#N)c1. The van der Waals surface area contributed by atoms with Crippen LogP contribution in [0.4, 0.5) is 24.5 Å². The van der Waals surface area contributed by atoms with Crippen LogP contribution < -0.4 is 26.4 Å². The van der Waals surface area contributed by atoms with Crippen molar-refractivity contribution in [2.24, 2.45) is 11.1 Å². The maximum atomic E-state index is 13.9. The summed E-state index contributed by atoms with van der Waals surface area (Å²) < 4.78 is 58.2. The molecule has 1 aromatic heterocycles. The van der Waals surface area contributed by atoms with Crippen LogP contribution in [0.25, 0.3) is 10.1 Å². The fourth-order valence-electron chi connectivity index (χ4n) is 7.83. The molecule has 2 saturated heterocycles. The van der Waals surface area contributed by atoms with Crippen LogP contribution in [-0.2, 0) is 25.5 Å². The molecular weight excluding hydrogens is 762 g/mol. The Morgan fingerprint density at radius 3 is 2.51 bits per heavy atom. The van der Waals surface area contributed by atoms with Gasteiger partial charge in [-0.1, -0.05) is 24.0 Å². The number of carbonyl (C=O) groups is 3. The molecule has 2 aliphatic heterocycles. The molecule has 57 heavy (non-hydrogen) atoms. The normalized spacial score (nSPS) is 19.6. The van der Waals surface area contributed by atoms with Crippen LogP contribution in [0.15, 0.2) is 36.4 Å². The number of piperidine rings is 1. The van der Waals surface area contributed by atoms with Gasteiger partial charge in [0.15, 0.2) is 6.61 Å². The van der Waals surface area contributed by atoms with Crippen molar-refractivity contribution < 1.29 is 41.8 Å². The van der Waals surface area contributed by atoms with Crippen LogP contribution in [0.2, 0.25) is 0 Å². The molecule has 0 radical (unpaired) electrons. The number of likely N-dealkylation sites (tertiary alicyclic amines) is 1. The molecule has 3 heterocycles. The number of benzene rings is 2. The Morgan fingerprint density at radius 2 is 1.86 bits per heavy atom. The molecule has 6 rings (SSSR count). The van der Waals surface area contributed by atoms with Crippen molar-refractivity contribution in [3.8, 4) is 23.7 Å². The fraction of sp³-hybridized carbons (Fsp3) is 0.512. The van der Waals surface area contributed by atoms with Gasteiger partial charge in [-0.15, -0.1) is 11.3 Å². The lowest BCUT2D eigenvalue weighted by Crippen LogP contribution is -2.53. The Labute approximate surface area is 333 Å². The van der Waals surface area contributed by atoms with Crippen molar-refractivity contribution in [3.63, 3.8) is 0 Å². The largest absolute Gasteiger partial charge is 0.477 e. The third-order valence-electron chi connectivity index (χ3n) is 11.0. The van der Waals surface area contributed by atoms with Crippen LogP contribution in [0.3, 0.4) is 0 Å². The molecule has 3 fully saturated rings. The lowest BCUT2D eigenvalue weighted by atomic mass is 9.76. The second kappa shape index (κ2) is 18.5. The second-order valence-corrected chi connectivity index (χ2v) is 16.0. The quantitative estimate of drug-likeness (QED) is 0.116. The molecule has 1 saturated carbocycles. The maximum absolute atomic E-state index is 13.9. The number of nitrogens with zero attached hydrogens (tertiary/aromatic N) is 2. The summed E-state index contributed by atoms with van der Waals surface area (Å²) in [6, 6.07) is 11.3. The van der Waals surface area contributed by atoms with Crippen molar-refractivity contribution in [3.05, 3.63) is 52.4 Å². The van der Waals surface area contributed by atoms with Gasteiger partial charge in [-0.25, -0.2) is 4.79 Å². The highest BCUT2D eigenvalue weighted by atomic mass is 32.1. The third kappa shape index (κ3) is 10.7. The Bertz CT molecular complexity index is 2030. The number of thiophene rings is 1. The number of primary amides is 1. The molecule has 0 bridgehead atoms. The van der Waals surface area contributed by atoms with Crippen molar-refractivity contribution >= 4 is 50.6 Å². The summed E-state index contributed by atoms with van der Waals surface area (Å²) in [5, 5.41) is 18.9. The fourth-order valence-corrected chi connectivity index (χ4v) is 9.00.